The molecule has 26 heavy (non-hydrogen) atoms. The van der Waals surface area contributed by atoms with Crippen LogP contribution in [0.5, 0.6) is 0 Å². The van der Waals surface area contributed by atoms with Crippen molar-refractivity contribution >= 4 is 15.9 Å². The number of rotatable bonds is 3. The van der Waals surface area contributed by atoms with Crippen LogP contribution in [0.3, 0.4) is 0 Å². The van der Waals surface area contributed by atoms with Crippen LogP contribution in [-0.2, 0) is 14.8 Å². The minimum absolute atomic E-state index is 0.118. The molecule has 3 heterocycles. The Morgan fingerprint density at radius 2 is 2.12 bits per heavy atom. The van der Waals surface area contributed by atoms with Crippen molar-refractivity contribution in [2.24, 2.45) is 0 Å². The predicted molar refractivity (Wildman–Crippen MR) is 91.6 cm³/mol. The third kappa shape index (κ3) is 3.00. The molecule has 0 saturated carbocycles. The first-order valence-corrected chi connectivity index (χ1v) is 9.82. The minimum atomic E-state index is -3.72. The van der Waals surface area contributed by atoms with Gasteiger partial charge in [-0.3, -0.25) is 9.69 Å². The standard InChI is InChI=1S/C16H19N5O4S/c1-11-18-15(19-25-11)12-3-2-4-13(9-12)26(23,24)21-8-7-20-6-5-17-16(22)14(20)10-21/h2-4,9,14H,5-8,10H2,1H3,(H,17,22). The van der Waals surface area contributed by atoms with Gasteiger partial charge in [0, 0.05) is 45.2 Å². The maximum atomic E-state index is 13.1. The van der Waals surface area contributed by atoms with E-state index < -0.39 is 16.1 Å². The van der Waals surface area contributed by atoms with Gasteiger partial charge in [-0.05, 0) is 12.1 Å². The predicted octanol–water partition coefficient (Wildman–Crippen LogP) is -0.150. The number of carbonyl (C=O) groups excluding carboxylic acids is 1. The van der Waals surface area contributed by atoms with Crippen LogP contribution in [0.4, 0.5) is 0 Å². The number of amides is 1. The number of nitrogens with one attached hydrogen (secondary N) is 1. The first-order chi connectivity index (χ1) is 12.4. The van der Waals surface area contributed by atoms with Gasteiger partial charge in [-0.25, -0.2) is 8.42 Å². The SMILES string of the molecule is Cc1nc(-c2cccc(S(=O)(=O)N3CCN4CCNC(=O)C4C3)c2)no1. The molecule has 1 atom stereocenters. The summed E-state index contributed by atoms with van der Waals surface area (Å²) in [5, 5.41) is 6.63. The molecule has 4 rings (SSSR count). The molecule has 9 nitrogen and oxygen atoms in total. The Balaban J connectivity index is 1.61. The van der Waals surface area contributed by atoms with Crippen LogP contribution in [-0.4, -0.2) is 72.4 Å². The Labute approximate surface area is 151 Å². The van der Waals surface area contributed by atoms with E-state index in [2.05, 4.69) is 15.5 Å². The third-order valence-corrected chi connectivity index (χ3v) is 6.57. The second-order valence-electron chi connectivity index (χ2n) is 6.37. The van der Waals surface area contributed by atoms with Gasteiger partial charge in [-0.2, -0.15) is 9.29 Å². The highest BCUT2D eigenvalue weighted by molar-refractivity contribution is 7.89. The maximum Gasteiger partial charge on any atom is 0.243 e. The third-order valence-electron chi connectivity index (χ3n) is 4.71. The Hall–Kier alpha value is -2.30. The van der Waals surface area contributed by atoms with Gasteiger partial charge in [0.2, 0.25) is 27.6 Å². The summed E-state index contributed by atoms with van der Waals surface area (Å²) >= 11 is 0. The number of aryl methyl sites for hydroxylation is 1. The van der Waals surface area contributed by atoms with Crippen molar-refractivity contribution in [1.29, 1.82) is 0 Å². The lowest BCUT2D eigenvalue weighted by Gasteiger charge is -2.42. The van der Waals surface area contributed by atoms with Crippen LogP contribution in [0.25, 0.3) is 11.4 Å². The van der Waals surface area contributed by atoms with E-state index >= 15 is 0 Å². The second-order valence-corrected chi connectivity index (χ2v) is 8.31. The van der Waals surface area contributed by atoms with Crippen molar-refractivity contribution in [3.05, 3.63) is 30.2 Å². The smallest absolute Gasteiger partial charge is 0.243 e. The van der Waals surface area contributed by atoms with Gasteiger partial charge in [0.15, 0.2) is 0 Å². The maximum absolute atomic E-state index is 13.1. The quantitative estimate of drug-likeness (QED) is 0.792. The first kappa shape index (κ1) is 17.1. The highest BCUT2D eigenvalue weighted by atomic mass is 32.2. The topological polar surface area (TPSA) is 109 Å². The van der Waals surface area contributed by atoms with Crippen LogP contribution in [0.15, 0.2) is 33.7 Å². The van der Waals surface area contributed by atoms with Crippen LogP contribution in [0.1, 0.15) is 5.89 Å². The molecule has 1 aromatic heterocycles. The summed E-state index contributed by atoms with van der Waals surface area (Å²) in [5.41, 5.74) is 0.567. The molecule has 0 spiro atoms. The second kappa shape index (κ2) is 6.45. The lowest BCUT2D eigenvalue weighted by molar-refractivity contribution is -0.130. The molecule has 1 N–H and O–H groups in total. The van der Waals surface area contributed by atoms with Gasteiger partial charge in [-0.15, -0.1) is 0 Å². The molecule has 2 saturated heterocycles. The van der Waals surface area contributed by atoms with Gasteiger partial charge < -0.3 is 9.84 Å². The normalized spacial score (nSPS) is 22.0. The fraction of sp³-hybridized carbons (Fsp3) is 0.438. The molecular formula is C16H19N5O4S. The van der Waals surface area contributed by atoms with E-state index in [1.54, 1.807) is 25.1 Å². The van der Waals surface area contributed by atoms with E-state index in [0.29, 0.717) is 36.9 Å². The minimum Gasteiger partial charge on any atom is -0.353 e. The largest absolute Gasteiger partial charge is 0.353 e. The summed E-state index contributed by atoms with van der Waals surface area (Å²) < 4.78 is 32.5. The highest BCUT2D eigenvalue weighted by Crippen LogP contribution is 2.25. The van der Waals surface area contributed by atoms with E-state index in [-0.39, 0.29) is 17.3 Å². The van der Waals surface area contributed by atoms with Crippen LogP contribution < -0.4 is 5.32 Å². The number of sulfonamides is 1. The number of hydrogen-bond donors (Lipinski definition) is 1. The zero-order valence-electron chi connectivity index (χ0n) is 14.3. The van der Waals surface area contributed by atoms with E-state index in [1.807, 2.05) is 4.90 Å². The summed E-state index contributed by atoms with van der Waals surface area (Å²) in [6.07, 6.45) is 0. The van der Waals surface area contributed by atoms with Gasteiger partial charge in [0.05, 0.1) is 4.90 Å². The number of piperazine rings is 2. The van der Waals surface area contributed by atoms with E-state index in [9.17, 15) is 13.2 Å². The average Bonchev–Trinajstić information content (AvgIpc) is 3.08. The van der Waals surface area contributed by atoms with E-state index in [1.165, 1.54) is 10.4 Å². The molecule has 10 heteroatoms. The number of hydrogen-bond acceptors (Lipinski definition) is 7. The Kier molecular flexibility index (Phi) is 4.25. The summed E-state index contributed by atoms with van der Waals surface area (Å²) in [7, 11) is -3.72. The van der Waals surface area contributed by atoms with Gasteiger partial charge in [0.25, 0.3) is 0 Å². The Bertz CT molecular complexity index is 942. The van der Waals surface area contributed by atoms with Crippen molar-refractivity contribution in [1.82, 2.24) is 24.7 Å². The van der Waals surface area contributed by atoms with Crippen LogP contribution >= 0.6 is 0 Å². The van der Waals surface area contributed by atoms with Gasteiger partial charge in [0.1, 0.15) is 6.04 Å². The fourth-order valence-electron chi connectivity index (χ4n) is 3.33. The highest BCUT2D eigenvalue weighted by Gasteiger charge is 2.39. The molecule has 1 aromatic carbocycles. The lowest BCUT2D eigenvalue weighted by atomic mass is 10.1. The Morgan fingerprint density at radius 3 is 2.88 bits per heavy atom. The molecule has 1 amide bonds. The number of fused-ring (bicyclic) bond motifs is 1. The summed E-state index contributed by atoms with van der Waals surface area (Å²) in [6.45, 7) is 4.08. The van der Waals surface area contributed by atoms with E-state index in [0.717, 1.165) is 6.54 Å². The van der Waals surface area contributed by atoms with Gasteiger partial charge >= 0.3 is 0 Å². The molecule has 2 aliphatic heterocycles. The van der Waals surface area contributed by atoms with Crippen molar-refractivity contribution < 1.29 is 17.7 Å². The molecule has 0 radical (unpaired) electrons. The fourth-order valence-corrected chi connectivity index (χ4v) is 4.82. The summed E-state index contributed by atoms with van der Waals surface area (Å²) in [4.78, 5) is 18.4. The van der Waals surface area contributed by atoms with E-state index in [4.69, 9.17) is 4.52 Å². The molecule has 0 bridgehead atoms. The molecule has 138 valence electrons. The van der Waals surface area contributed by atoms with Crippen molar-refractivity contribution in [3.8, 4) is 11.4 Å². The van der Waals surface area contributed by atoms with Crippen molar-refractivity contribution in [2.45, 2.75) is 17.9 Å². The molecule has 2 aliphatic rings. The molecule has 2 aromatic rings. The molecule has 0 aliphatic carbocycles. The number of benzene rings is 1. The number of nitrogens with zero attached hydrogens (tertiary/aromatic N) is 4. The summed E-state index contributed by atoms with van der Waals surface area (Å²) in [5.74, 6) is 0.635. The van der Waals surface area contributed by atoms with Crippen molar-refractivity contribution in [2.75, 3.05) is 32.7 Å². The molecule has 1 unspecified atom stereocenters. The average molecular weight is 377 g/mol. The van der Waals surface area contributed by atoms with Crippen LogP contribution in [0.2, 0.25) is 0 Å². The molecular weight excluding hydrogens is 358 g/mol. The first-order valence-electron chi connectivity index (χ1n) is 8.38. The monoisotopic (exact) mass is 377 g/mol. The zero-order valence-corrected chi connectivity index (χ0v) is 15.1. The van der Waals surface area contributed by atoms with Crippen molar-refractivity contribution in [3.63, 3.8) is 0 Å². The Morgan fingerprint density at radius 1 is 1.27 bits per heavy atom. The summed E-state index contributed by atoms with van der Waals surface area (Å²) in [6, 6.07) is 6.02. The number of aromatic nitrogens is 2. The molecule has 2 fully saturated rings. The lowest BCUT2D eigenvalue weighted by Crippen LogP contribution is -2.64. The van der Waals surface area contributed by atoms with Gasteiger partial charge in [-0.1, -0.05) is 17.3 Å². The number of carbonyl (C=O) groups is 1. The zero-order chi connectivity index (χ0) is 18.3. The van der Waals surface area contributed by atoms with Crippen LogP contribution in [0, 0.1) is 6.92 Å².